The smallest absolute Gasteiger partial charge is 0.230 e. The average Bonchev–Trinajstić information content (AvgIpc) is 2.89. The summed E-state index contributed by atoms with van der Waals surface area (Å²) in [6, 6.07) is 0. The number of nitrogens with zero attached hydrogens (tertiary/aromatic N) is 4. The number of nitrogens with one attached hydrogen (secondary N) is 1. The van der Waals surface area contributed by atoms with E-state index in [9.17, 15) is 4.79 Å². The normalized spacial score (nSPS) is 17.9. The zero-order chi connectivity index (χ0) is 15.3. The Balaban J connectivity index is 1.80. The van der Waals surface area contributed by atoms with Crippen molar-refractivity contribution in [3.05, 3.63) is 6.33 Å². The molecule has 0 atom stereocenters. The fourth-order valence-electron chi connectivity index (χ4n) is 2.38. The molecule has 1 N–H and O–H groups in total. The maximum absolute atomic E-state index is 12.0. The molecule has 2 rings (SSSR count). The first kappa shape index (κ1) is 16.3. The molecule has 2 heterocycles. The summed E-state index contributed by atoms with van der Waals surface area (Å²) < 4.78 is 7.23. The van der Waals surface area contributed by atoms with Gasteiger partial charge in [0.2, 0.25) is 5.91 Å². The highest BCUT2D eigenvalue weighted by Gasteiger charge is 2.34. The largest absolute Gasteiger partial charge is 0.381 e. The van der Waals surface area contributed by atoms with Crippen LogP contribution in [-0.4, -0.2) is 70.7 Å². The summed E-state index contributed by atoms with van der Waals surface area (Å²) in [6.45, 7) is 2.16. The molecule has 7 nitrogen and oxygen atoms in total. The molecule has 0 saturated carbocycles. The number of hydrogen-bond acceptors (Lipinski definition) is 6. The van der Waals surface area contributed by atoms with Gasteiger partial charge < -0.3 is 19.5 Å². The van der Waals surface area contributed by atoms with Crippen LogP contribution in [0.4, 0.5) is 0 Å². The number of hydrogen-bond donors (Lipinski definition) is 1. The third-order valence-electron chi connectivity index (χ3n) is 3.99. The number of rotatable bonds is 6. The lowest BCUT2D eigenvalue weighted by Gasteiger charge is -2.42. The topological polar surface area (TPSA) is 72.3 Å². The highest BCUT2D eigenvalue weighted by Crippen LogP contribution is 2.25. The van der Waals surface area contributed by atoms with Crippen molar-refractivity contribution in [2.45, 2.75) is 23.5 Å². The van der Waals surface area contributed by atoms with E-state index in [-0.39, 0.29) is 11.4 Å². The van der Waals surface area contributed by atoms with Gasteiger partial charge in [-0.05, 0) is 26.9 Å². The van der Waals surface area contributed by atoms with Gasteiger partial charge in [0.05, 0.1) is 5.75 Å². The highest BCUT2D eigenvalue weighted by molar-refractivity contribution is 7.99. The minimum absolute atomic E-state index is 0.00333. The Labute approximate surface area is 129 Å². The summed E-state index contributed by atoms with van der Waals surface area (Å²) in [5.74, 6) is 0.378. The molecular weight excluding hydrogens is 290 g/mol. The maximum Gasteiger partial charge on any atom is 0.230 e. The Bertz CT molecular complexity index is 471. The lowest BCUT2D eigenvalue weighted by atomic mass is 9.88. The molecule has 1 aromatic heterocycles. The summed E-state index contributed by atoms with van der Waals surface area (Å²) in [4.78, 5) is 14.2. The maximum atomic E-state index is 12.0. The SMILES string of the molecule is CN(C)C1(CNC(=O)CSc2nncn2C)CCOCC1. The zero-order valence-electron chi connectivity index (χ0n) is 12.8. The number of thioether (sulfide) groups is 1. The summed E-state index contributed by atoms with van der Waals surface area (Å²) >= 11 is 1.39. The molecule has 0 bridgehead atoms. The van der Waals surface area contributed by atoms with E-state index in [4.69, 9.17) is 4.74 Å². The fraction of sp³-hybridized carbons (Fsp3) is 0.769. The van der Waals surface area contributed by atoms with Crippen LogP contribution in [0.3, 0.4) is 0 Å². The summed E-state index contributed by atoms with van der Waals surface area (Å²) in [5.41, 5.74) is 0.00333. The first-order chi connectivity index (χ1) is 10.0. The summed E-state index contributed by atoms with van der Waals surface area (Å²) in [6.07, 6.45) is 3.51. The van der Waals surface area contributed by atoms with Gasteiger partial charge in [0.25, 0.3) is 0 Å². The molecule has 0 radical (unpaired) electrons. The minimum Gasteiger partial charge on any atom is -0.381 e. The van der Waals surface area contributed by atoms with Gasteiger partial charge >= 0.3 is 0 Å². The molecule has 1 fully saturated rings. The third kappa shape index (κ3) is 4.18. The number of carbonyl (C=O) groups is 1. The average molecular weight is 313 g/mol. The van der Waals surface area contributed by atoms with E-state index < -0.39 is 0 Å². The molecule has 0 aliphatic carbocycles. The van der Waals surface area contributed by atoms with E-state index in [0.29, 0.717) is 12.3 Å². The van der Waals surface area contributed by atoms with Crippen molar-refractivity contribution in [3.8, 4) is 0 Å². The van der Waals surface area contributed by atoms with Gasteiger partial charge in [0, 0.05) is 32.3 Å². The second kappa shape index (κ2) is 7.24. The molecule has 1 aliphatic heterocycles. The standard InChI is InChI=1S/C13H23N5O2S/c1-17(2)13(4-6-20-7-5-13)9-14-11(19)8-21-12-16-15-10-18(12)3/h10H,4-9H2,1-3H3,(H,14,19). The van der Waals surface area contributed by atoms with Crippen LogP contribution in [0.25, 0.3) is 0 Å². The Morgan fingerprint density at radius 3 is 2.81 bits per heavy atom. The van der Waals surface area contributed by atoms with Crippen LogP contribution in [0, 0.1) is 0 Å². The van der Waals surface area contributed by atoms with Crippen LogP contribution in [-0.2, 0) is 16.6 Å². The Kier molecular flexibility index (Phi) is 5.60. The molecule has 1 aromatic rings. The monoisotopic (exact) mass is 313 g/mol. The first-order valence-electron chi connectivity index (χ1n) is 7.02. The molecular formula is C13H23N5O2S. The van der Waals surface area contributed by atoms with E-state index in [1.807, 2.05) is 7.05 Å². The van der Waals surface area contributed by atoms with Crippen molar-refractivity contribution in [3.63, 3.8) is 0 Å². The Hall–Kier alpha value is -1.12. The van der Waals surface area contributed by atoms with Crippen LogP contribution in [0.2, 0.25) is 0 Å². The fourth-order valence-corrected chi connectivity index (χ4v) is 3.10. The van der Waals surface area contributed by atoms with E-state index in [2.05, 4.69) is 34.5 Å². The van der Waals surface area contributed by atoms with Crippen LogP contribution in [0.15, 0.2) is 11.5 Å². The van der Waals surface area contributed by atoms with E-state index in [0.717, 1.165) is 31.2 Å². The molecule has 0 spiro atoms. The number of aryl methyl sites for hydroxylation is 1. The van der Waals surface area contributed by atoms with Gasteiger partial charge in [0.1, 0.15) is 6.33 Å². The molecule has 1 aliphatic rings. The predicted octanol–water partition coefficient (Wildman–Crippen LogP) is 0.134. The lowest BCUT2D eigenvalue weighted by molar-refractivity contribution is -0.119. The van der Waals surface area contributed by atoms with Crippen molar-refractivity contribution < 1.29 is 9.53 Å². The zero-order valence-corrected chi connectivity index (χ0v) is 13.7. The highest BCUT2D eigenvalue weighted by atomic mass is 32.2. The lowest BCUT2D eigenvalue weighted by Crippen LogP contribution is -2.55. The van der Waals surface area contributed by atoms with Crippen molar-refractivity contribution in [1.29, 1.82) is 0 Å². The molecule has 118 valence electrons. The van der Waals surface area contributed by atoms with E-state index in [1.54, 1.807) is 10.9 Å². The van der Waals surface area contributed by atoms with Crippen LogP contribution >= 0.6 is 11.8 Å². The van der Waals surface area contributed by atoms with E-state index in [1.165, 1.54) is 11.8 Å². The summed E-state index contributed by atoms with van der Waals surface area (Å²) in [7, 11) is 5.99. The second-order valence-electron chi connectivity index (χ2n) is 5.52. The molecule has 0 unspecified atom stereocenters. The molecule has 1 saturated heterocycles. The van der Waals surface area contributed by atoms with Gasteiger partial charge in [-0.1, -0.05) is 11.8 Å². The van der Waals surface area contributed by atoms with Gasteiger partial charge in [0.15, 0.2) is 5.16 Å². The number of aromatic nitrogens is 3. The second-order valence-corrected chi connectivity index (χ2v) is 6.46. The summed E-state index contributed by atoms with van der Waals surface area (Å²) in [5, 5.41) is 11.5. The van der Waals surface area contributed by atoms with Gasteiger partial charge in [-0.2, -0.15) is 0 Å². The van der Waals surface area contributed by atoms with Gasteiger partial charge in [-0.15, -0.1) is 10.2 Å². The minimum atomic E-state index is 0.00333. The van der Waals surface area contributed by atoms with Crippen LogP contribution in [0.5, 0.6) is 0 Å². The first-order valence-corrected chi connectivity index (χ1v) is 8.01. The quantitative estimate of drug-likeness (QED) is 0.753. The van der Waals surface area contributed by atoms with Crippen molar-refractivity contribution in [2.24, 2.45) is 7.05 Å². The number of ether oxygens (including phenoxy) is 1. The number of amides is 1. The van der Waals surface area contributed by atoms with Crippen molar-refractivity contribution in [1.82, 2.24) is 25.0 Å². The van der Waals surface area contributed by atoms with E-state index >= 15 is 0 Å². The molecule has 1 amide bonds. The molecule has 21 heavy (non-hydrogen) atoms. The van der Waals surface area contributed by atoms with Crippen molar-refractivity contribution >= 4 is 17.7 Å². The molecule has 0 aromatic carbocycles. The van der Waals surface area contributed by atoms with Crippen LogP contribution in [0.1, 0.15) is 12.8 Å². The van der Waals surface area contributed by atoms with Gasteiger partial charge in [-0.3, -0.25) is 4.79 Å². The van der Waals surface area contributed by atoms with Crippen molar-refractivity contribution in [2.75, 3.05) is 39.6 Å². The third-order valence-corrected chi connectivity index (χ3v) is 5.02. The number of carbonyl (C=O) groups excluding carboxylic acids is 1. The molecule has 8 heteroatoms. The number of likely N-dealkylation sites (N-methyl/N-ethyl adjacent to an activating group) is 1. The van der Waals surface area contributed by atoms with Crippen LogP contribution < -0.4 is 5.32 Å². The Morgan fingerprint density at radius 1 is 1.52 bits per heavy atom. The van der Waals surface area contributed by atoms with Gasteiger partial charge in [-0.25, -0.2) is 0 Å². The predicted molar refractivity (Wildman–Crippen MR) is 81.2 cm³/mol. The Morgan fingerprint density at radius 2 is 2.24 bits per heavy atom.